The summed E-state index contributed by atoms with van der Waals surface area (Å²) < 4.78 is 19.1. The standard InChI is InChI=1S/C13H6BrFN2O3/c14-11-3-1-9(15)6-13(11)20-12-4-2-10(17(18)19)5-8(12)7-16/h1-6H. The molecular weight excluding hydrogens is 331 g/mol. The van der Waals surface area contributed by atoms with Crippen LogP contribution in [0.1, 0.15) is 5.56 Å². The maximum absolute atomic E-state index is 13.1. The van der Waals surface area contributed by atoms with Crippen LogP contribution in [0.5, 0.6) is 11.5 Å². The van der Waals surface area contributed by atoms with Crippen molar-refractivity contribution >= 4 is 21.6 Å². The van der Waals surface area contributed by atoms with Crippen molar-refractivity contribution in [3.63, 3.8) is 0 Å². The van der Waals surface area contributed by atoms with Gasteiger partial charge in [-0.15, -0.1) is 0 Å². The van der Waals surface area contributed by atoms with E-state index in [1.165, 1.54) is 24.3 Å². The Kier molecular flexibility index (Phi) is 3.96. The van der Waals surface area contributed by atoms with Crippen LogP contribution in [-0.2, 0) is 0 Å². The minimum absolute atomic E-state index is 0.00430. The molecule has 0 N–H and O–H groups in total. The summed E-state index contributed by atoms with van der Waals surface area (Å²) in [4.78, 5) is 10.0. The van der Waals surface area contributed by atoms with Gasteiger partial charge in [-0.05, 0) is 34.1 Å². The van der Waals surface area contributed by atoms with Gasteiger partial charge in [0.1, 0.15) is 28.9 Å². The molecule has 100 valence electrons. The van der Waals surface area contributed by atoms with E-state index in [4.69, 9.17) is 10.00 Å². The SMILES string of the molecule is N#Cc1cc([N+](=O)[O-])ccc1Oc1cc(F)ccc1Br. The highest BCUT2D eigenvalue weighted by molar-refractivity contribution is 9.10. The molecule has 2 aromatic rings. The van der Waals surface area contributed by atoms with Gasteiger partial charge in [0.15, 0.2) is 0 Å². The predicted octanol–water partition coefficient (Wildman–Crippen LogP) is 4.16. The number of nitro groups is 1. The molecule has 2 aromatic carbocycles. The molecule has 0 bridgehead atoms. The van der Waals surface area contributed by atoms with Gasteiger partial charge in [-0.25, -0.2) is 4.39 Å². The average Bonchev–Trinajstić information content (AvgIpc) is 2.43. The maximum Gasteiger partial charge on any atom is 0.271 e. The van der Waals surface area contributed by atoms with Crippen molar-refractivity contribution in [2.45, 2.75) is 0 Å². The number of rotatable bonds is 3. The Morgan fingerprint density at radius 2 is 2.00 bits per heavy atom. The number of non-ortho nitro benzene ring substituents is 1. The second kappa shape index (κ2) is 5.67. The van der Waals surface area contributed by atoms with E-state index in [0.29, 0.717) is 4.47 Å². The van der Waals surface area contributed by atoms with Crippen molar-refractivity contribution in [3.8, 4) is 17.6 Å². The number of nitro benzene ring substituents is 1. The first-order valence-corrected chi connectivity index (χ1v) is 6.12. The molecule has 0 spiro atoms. The van der Waals surface area contributed by atoms with Gasteiger partial charge in [0.25, 0.3) is 5.69 Å². The van der Waals surface area contributed by atoms with Gasteiger partial charge in [0.2, 0.25) is 0 Å². The zero-order chi connectivity index (χ0) is 14.7. The van der Waals surface area contributed by atoms with Gasteiger partial charge < -0.3 is 4.74 Å². The number of hydrogen-bond acceptors (Lipinski definition) is 4. The molecule has 5 nitrogen and oxygen atoms in total. The number of halogens is 2. The quantitative estimate of drug-likeness (QED) is 0.622. The summed E-state index contributed by atoms with van der Waals surface area (Å²) in [6.07, 6.45) is 0. The van der Waals surface area contributed by atoms with Crippen LogP contribution in [0.25, 0.3) is 0 Å². The molecule has 7 heteroatoms. The molecule has 0 amide bonds. The predicted molar refractivity (Wildman–Crippen MR) is 72.0 cm³/mol. The summed E-state index contributed by atoms with van der Waals surface area (Å²) in [6.45, 7) is 0. The topological polar surface area (TPSA) is 76.2 Å². The third-order valence-electron chi connectivity index (χ3n) is 2.41. The van der Waals surface area contributed by atoms with Crippen LogP contribution in [0.2, 0.25) is 0 Å². The number of ether oxygens (including phenoxy) is 1. The molecule has 0 heterocycles. The molecule has 0 fully saturated rings. The lowest BCUT2D eigenvalue weighted by Gasteiger charge is -2.09. The van der Waals surface area contributed by atoms with Gasteiger partial charge in [-0.1, -0.05) is 0 Å². The van der Waals surface area contributed by atoms with E-state index in [2.05, 4.69) is 15.9 Å². The Hall–Kier alpha value is -2.46. The second-order valence-electron chi connectivity index (χ2n) is 3.73. The Bertz CT molecular complexity index is 728. The van der Waals surface area contributed by atoms with E-state index in [1.54, 1.807) is 6.07 Å². The number of nitriles is 1. The lowest BCUT2D eigenvalue weighted by atomic mass is 10.2. The van der Waals surface area contributed by atoms with E-state index in [0.717, 1.165) is 12.1 Å². The zero-order valence-corrected chi connectivity index (χ0v) is 11.4. The Labute approximate surface area is 121 Å². The first kappa shape index (κ1) is 14.0. The van der Waals surface area contributed by atoms with Crippen LogP contribution in [0, 0.1) is 27.3 Å². The highest BCUT2D eigenvalue weighted by Crippen LogP contribution is 2.33. The fourth-order valence-electron chi connectivity index (χ4n) is 1.48. The maximum atomic E-state index is 13.1. The first-order valence-electron chi connectivity index (χ1n) is 5.32. The lowest BCUT2D eigenvalue weighted by molar-refractivity contribution is -0.384. The summed E-state index contributed by atoms with van der Waals surface area (Å²) in [6, 6.07) is 9.27. The highest BCUT2D eigenvalue weighted by atomic mass is 79.9. The molecule has 0 radical (unpaired) electrons. The van der Waals surface area contributed by atoms with Crippen molar-refractivity contribution in [3.05, 3.63) is 62.4 Å². The average molecular weight is 337 g/mol. The Morgan fingerprint density at radius 1 is 1.25 bits per heavy atom. The van der Waals surface area contributed by atoms with E-state index in [-0.39, 0.29) is 22.7 Å². The van der Waals surface area contributed by atoms with Crippen LogP contribution in [0.3, 0.4) is 0 Å². The van der Waals surface area contributed by atoms with Crippen LogP contribution in [0.4, 0.5) is 10.1 Å². The molecule has 0 aliphatic heterocycles. The van der Waals surface area contributed by atoms with Crippen molar-refractivity contribution in [1.29, 1.82) is 5.26 Å². The molecule has 0 aromatic heterocycles. The van der Waals surface area contributed by atoms with Gasteiger partial charge in [-0.2, -0.15) is 5.26 Å². The molecule has 0 aliphatic carbocycles. The zero-order valence-electron chi connectivity index (χ0n) is 9.84. The minimum Gasteiger partial charge on any atom is -0.455 e. The number of hydrogen-bond donors (Lipinski definition) is 0. The number of nitrogens with zero attached hydrogens (tertiary/aromatic N) is 2. The van der Waals surface area contributed by atoms with Crippen molar-refractivity contribution in [2.24, 2.45) is 0 Å². The molecule has 20 heavy (non-hydrogen) atoms. The summed E-state index contributed by atoms with van der Waals surface area (Å²) in [5, 5.41) is 19.6. The Balaban J connectivity index is 2.41. The van der Waals surface area contributed by atoms with E-state index in [9.17, 15) is 14.5 Å². The molecule has 0 aliphatic rings. The first-order chi connectivity index (χ1) is 9.51. The van der Waals surface area contributed by atoms with Crippen LogP contribution < -0.4 is 4.74 Å². The third kappa shape index (κ3) is 2.92. The fraction of sp³-hybridized carbons (Fsp3) is 0. The summed E-state index contributed by atoms with van der Waals surface area (Å²) in [5.74, 6) is -0.205. The number of benzene rings is 2. The van der Waals surface area contributed by atoms with Crippen molar-refractivity contribution in [2.75, 3.05) is 0 Å². The largest absolute Gasteiger partial charge is 0.455 e. The summed E-state index contributed by atoms with van der Waals surface area (Å²) >= 11 is 3.19. The van der Waals surface area contributed by atoms with Crippen LogP contribution >= 0.6 is 15.9 Å². The molecule has 0 atom stereocenters. The second-order valence-corrected chi connectivity index (χ2v) is 4.58. The third-order valence-corrected chi connectivity index (χ3v) is 3.06. The minimum atomic E-state index is -0.608. The van der Waals surface area contributed by atoms with E-state index < -0.39 is 10.7 Å². The summed E-state index contributed by atoms with van der Waals surface area (Å²) in [7, 11) is 0. The molecule has 0 saturated heterocycles. The molecular formula is C13H6BrFN2O3. The van der Waals surface area contributed by atoms with Crippen LogP contribution in [0.15, 0.2) is 40.9 Å². The lowest BCUT2D eigenvalue weighted by Crippen LogP contribution is -1.93. The van der Waals surface area contributed by atoms with Gasteiger partial charge >= 0.3 is 0 Å². The van der Waals surface area contributed by atoms with Crippen molar-refractivity contribution < 1.29 is 14.1 Å². The normalized spacial score (nSPS) is 9.85. The summed E-state index contributed by atoms with van der Waals surface area (Å²) in [5.41, 5.74) is -0.220. The van der Waals surface area contributed by atoms with Crippen LogP contribution in [-0.4, -0.2) is 4.92 Å². The smallest absolute Gasteiger partial charge is 0.271 e. The molecule has 0 unspecified atom stereocenters. The molecule has 2 rings (SSSR count). The van der Waals surface area contributed by atoms with Crippen molar-refractivity contribution in [1.82, 2.24) is 0 Å². The molecule has 0 saturated carbocycles. The monoisotopic (exact) mass is 336 g/mol. The van der Waals surface area contributed by atoms with Gasteiger partial charge in [0, 0.05) is 18.2 Å². The van der Waals surface area contributed by atoms with E-state index >= 15 is 0 Å². The van der Waals surface area contributed by atoms with Gasteiger partial charge in [0.05, 0.1) is 9.40 Å². The fourth-order valence-corrected chi connectivity index (χ4v) is 1.81. The Morgan fingerprint density at radius 3 is 2.65 bits per heavy atom. The van der Waals surface area contributed by atoms with Gasteiger partial charge in [-0.3, -0.25) is 10.1 Å². The highest BCUT2D eigenvalue weighted by Gasteiger charge is 2.13. The van der Waals surface area contributed by atoms with E-state index in [1.807, 2.05) is 0 Å².